The van der Waals surface area contributed by atoms with Crippen LogP contribution in [0, 0.1) is 13.8 Å². The van der Waals surface area contributed by atoms with E-state index in [-0.39, 0.29) is 0 Å². The fraction of sp³-hybridized carbons (Fsp3) is 0.684. The number of hydrogen-bond acceptors (Lipinski definition) is 2. The number of hydrogen-bond donors (Lipinski definition) is 1. The Hall–Kier alpha value is -1.02. The first-order valence-corrected chi connectivity index (χ1v) is 8.67. The number of nitrogens with one attached hydrogen (secondary N) is 1. The number of benzene rings is 1. The molecule has 0 unspecified atom stereocenters. The van der Waals surface area contributed by atoms with Gasteiger partial charge in [0.25, 0.3) is 0 Å². The first-order chi connectivity index (χ1) is 10.2. The highest BCUT2D eigenvalue weighted by molar-refractivity contribution is 5.43. The van der Waals surface area contributed by atoms with Crippen LogP contribution >= 0.6 is 0 Å². The van der Waals surface area contributed by atoms with Gasteiger partial charge in [0, 0.05) is 12.6 Å². The third-order valence-corrected chi connectivity index (χ3v) is 4.19. The highest BCUT2D eigenvalue weighted by atomic mass is 16.5. The molecule has 0 amide bonds. The predicted molar refractivity (Wildman–Crippen MR) is 90.0 cm³/mol. The van der Waals surface area contributed by atoms with Crippen LogP contribution in [0.1, 0.15) is 68.6 Å². The molecule has 1 aliphatic rings. The minimum Gasteiger partial charge on any atom is -0.493 e. The highest BCUT2D eigenvalue weighted by Gasteiger charge is 2.20. The standard InChI is InChI=1S/C19H31NO/c1-4-5-6-7-8-11-21-19-15(2)12-17(13-16(19)3)14-20-18-9-10-18/h12-13,18,20H,4-11,14H2,1-3H3. The Kier molecular flexibility index (Phi) is 6.56. The van der Waals surface area contributed by atoms with E-state index < -0.39 is 0 Å². The number of aryl methyl sites for hydroxylation is 2. The van der Waals surface area contributed by atoms with Crippen molar-refractivity contribution in [3.05, 3.63) is 28.8 Å². The lowest BCUT2D eigenvalue weighted by Crippen LogP contribution is -2.15. The number of rotatable bonds is 10. The molecule has 2 heteroatoms. The zero-order chi connectivity index (χ0) is 15.1. The zero-order valence-electron chi connectivity index (χ0n) is 14.0. The van der Waals surface area contributed by atoms with Gasteiger partial charge in [-0.1, -0.05) is 44.7 Å². The Morgan fingerprint density at radius 2 is 1.71 bits per heavy atom. The summed E-state index contributed by atoms with van der Waals surface area (Å²) >= 11 is 0. The quantitative estimate of drug-likeness (QED) is 0.618. The molecular weight excluding hydrogens is 258 g/mol. The predicted octanol–water partition coefficient (Wildman–Crippen LogP) is 4.90. The van der Waals surface area contributed by atoms with Crippen molar-refractivity contribution in [1.29, 1.82) is 0 Å². The lowest BCUT2D eigenvalue weighted by atomic mass is 10.1. The molecule has 1 aromatic carbocycles. The second-order valence-corrected chi connectivity index (χ2v) is 6.48. The molecule has 2 rings (SSSR count). The van der Waals surface area contributed by atoms with Crippen LogP contribution in [0.5, 0.6) is 5.75 Å². The van der Waals surface area contributed by atoms with Crippen molar-refractivity contribution in [1.82, 2.24) is 5.32 Å². The summed E-state index contributed by atoms with van der Waals surface area (Å²) in [5, 5.41) is 3.58. The largest absolute Gasteiger partial charge is 0.493 e. The van der Waals surface area contributed by atoms with Gasteiger partial charge in [0.2, 0.25) is 0 Å². The van der Waals surface area contributed by atoms with Crippen molar-refractivity contribution < 1.29 is 4.74 Å². The van der Waals surface area contributed by atoms with Gasteiger partial charge in [-0.25, -0.2) is 0 Å². The van der Waals surface area contributed by atoms with Crippen LogP contribution in [0.4, 0.5) is 0 Å². The van der Waals surface area contributed by atoms with Crippen molar-refractivity contribution in [3.63, 3.8) is 0 Å². The van der Waals surface area contributed by atoms with Crippen LogP contribution in [0.2, 0.25) is 0 Å². The Morgan fingerprint density at radius 3 is 2.33 bits per heavy atom. The molecule has 1 aromatic rings. The molecule has 0 spiro atoms. The summed E-state index contributed by atoms with van der Waals surface area (Å²) in [5.74, 6) is 1.10. The molecule has 0 saturated heterocycles. The summed E-state index contributed by atoms with van der Waals surface area (Å²) in [6, 6.07) is 5.31. The monoisotopic (exact) mass is 289 g/mol. The van der Waals surface area contributed by atoms with E-state index in [9.17, 15) is 0 Å². The van der Waals surface area contributed by atoms with Gasteiger partial charge >= 0.3 is 0 Å². The summed E-state index contributed by atoms with van der Waals surface area (Å²) in [5.41, 5.74) is 3.93. The van der Waals surface area contributed by atoms with Gasteiger partial charge in [0.1, 0.15) is 5.75 Å². The van der Waals surface area contributed by atoms with Gasteiger partial charge in [0.05, 0.1) is 6.61 Å². The minimum absolute atomic E-state index is 0.768. The van der Waals surface area contributed by atoms with Gasteiger partial charge in [-0.05, 0) is 49.8 Å². The van der Waals surface area contributed by atoms with Crippen LogP contribution in [-0.2, 0) is 6.54 Å². The molecule has 1 aliphatic carbocycles. The molecule has 0 aromatic heterocycles. The molecule has 0 bridgehead atoms. The maximum atomic E-state index is 6.02. The van der Waals surface area contributed by atoms with Gasteiger partial charge in [-0.2, -0.15) is 0 Å². The number of ether oxygens (including phenoxy) is 1. The van der Waals surface area contributed by atoms with E-state index in [0.29, 0.717) is 0 Å². The Balaban J connectivity index is 1.78. The second-order valence-electron chi connectivity index (χ2n) is 6.48. The minimum atomic E-state index is 0.768. The Bertz CT molecular complexity index is 414. The van der Waals surface area contributed by atoms with Crippen molar-refractivity contribution in [2.75, 3.05) is 6.61 Å². The van der Waals surface area contributed by atoms with E-state index in [1.165, 1.54) is 61.6 Å². The summed E-state index contributed by atoms with van der Waals surface area (Å²) in [6.45, 7) is 8.43. The molecular formula is C19H31NO. The fourth-order valence-electron chi connectivity index (χ4n) is 2.80. The first-order valence-electron chi connectivity index (χ1n) is 8.67. The lowest BCUT2D eigenvalue weighted by molar-refractivity contribution is 0.300. The third-order valence-electron chi connectivity index (χ3n) is 4.19. The second kappa shape index (κ2) is 8.43. The average Bonchev–Trinajstić information content (AvgIpc) is 3.27. The molecule has 1 fully saturated rings. The van der Waals surface area contributed by atoms with Crippen molar-refractivity contribution in [2.45, 2.75) is 78.3 Å². The van der Waals surface area contributed by atoms with E-state index in [1.807, 2.05) is 0 Å². The van der Waals surface area contributed by atoms with E-state index in [0.717, 1.165) is 24.9 Å². The van der Waals surface area contributed by atoms with Gasteiger partial charge < -0.3 is 10.1 Å². The smallest absolute Gasteiger partial charge is 0.125 e. The summed E-state index contributed by atoms with van der Waals surface area (Å²) in [6.07, 6.45) is 9.13. The maximum Gasteiger partial charge on any atom is 0.125 e. The SMILES string of the molecule is CCCCCCCOc1c(C)cc(CNC2CC2)cc1C. The summed E-state index contributed by atoms with van der Waals surface area (Å²) < 4.78 is 6.02. The third kappa shape index (κ3) is 5.70. The van der Waals surface area contributed by atoms with Crippen LogP contribution in [0.15, 0.2) is 12.1 Å². The van der Waals surface area contributed by atoms with Gasteiger partial charge in [-0.3, -0.25) is 0 Å². The molecule has 0 aliphatic heterocycles. The molecule has 0 heterocycles. The van der Waals surface area contributed by atoms with Crippen molar-refractivity contribution >= 4 is 0 Å². The van der Waals surface area contributed by atoms with E-state index in [1.54, 1.807) is 0 Å². The van der Waals surface area contributed by atoms with E-state index in [4.69, 9.17) is 4.74 Å². The number of unbranched alkanes of at least 4 members (excludes halogenated alkanes) is 4. The van der Waals surface area contributed by atoms with E-state index in [2.05, 4.69) is 38.2 Å². The maximum absolute atomic E-state index is 6.02. The van der Waals surface area contributed by atoms with Crippen molar-refractivity contribution in [3.8, 4) is 5.75 Å². The van der Waals surface area contributed by atoms with Crippen LogP contribution in [0.25, 0.3) is 0 Å². The van der Waals surface area contributed by atoms with Crippen molar-refractivity contribution in [2.24, 2.45) is 0 Å². The first kappa shape index (κ1) is 16.4. The zero-order valence-corrected chi connectivity index (χ0v) is 14.0. The molecule has 0 radical (unpaired) electrons. The molecule has 1 N–H and O–H groups in total. The van der Waals surface area contributed by atoms with Crippen LogP contribution < -0.4 is 10.1 Å². The fourth-order valence-corrected chi connectivity index (χ4v) is 2.80. The van der Waals surface area contributed by atoms with Gasteiger partial charge in [-0.15, -0.1) is 0 Å². The molecule has 2 nitrogen and oxygen atoms in total. The van der Waals surface area contributed by atoms with E-state index >= 15 is 0 Å². The normalized spacial score (nSPS) is 14.4. The molecule has 0 atom stereocenters. The summed E-state index contributed by atoms with van der Waals surface area (Å²) in [7, 11) is 0. The Labute approximate surface area is 130 Å². The Morgan fingerprint density at radius 1 is 1.05 bits per heavy atom. The van der Waals surface area contributed by atoms with Gasteiger partial charge in [0.15, 0.2) is 0 Å². The molecule has 1 saturated carbocycles. The van der Waals surface area contributed by atoms with Crippen LogP contribution in [0.3, 0.4) is 0 Å². The lowest BCUT2D eigenvalue weighted by Gasteiger charge is -2.14. The summed E-state index contributed by atoms with van der Waals surface area (Å²) in [4.78, 5) is 0. The average molecular weight is 289 g/mol. The highest BCUT2D eigenvalue weighted by Crippen LogP contribution is 2.26. The molecule has 21 heavy (non-hydrogen) atoms. The topological polar surface area (TPSA) is 21.3 Å². The molecule has 118 valence electrons. The van der Waals surface area contributed by atoms with Crippen LogP contribution in [-0.4, -0.2) is 12.6 Å².